The Morgan fingerprint density at radius 1 is 1.29 bits per heavy atom. The van der Waals surface area contributed by atoms with Crippen molar-refractivity contribution in [3.8, 4) is 0 Å². The number of carboxylic acids is 1. The zero-order valence-corrected chi connectivity index (χ0v) is 13.7. The quantitative estimate of drug-likeness (QED) is 0.781. The summed E-state index contributed by atoms with van der Waals surface area (Å²) in [7, 11) is 0. The van der Waals surface area contributed by atoms with Crippen molar-refractivity contribution in [2.24, 2.45) is 5.92 Å². The summed E-state index contributed by atoms with van der Waals surface area (Å²) in [5.74, 6) is 0.0493. The number of nitrogens with one attached hydrogen (secondary N) is 1. The maximum absolute atomic E-state index is 11.1. The number of nitrogen functional groups attached to an aromatic ring is 1. The molecule has 0 aliphatic carbocycles. The number of piperidine rings is 1. The van der Waals surface area contributed by atoms with Crippen molar-refractivity contribution in [2.45, 2.75) is 12.8 Å². The van der Waals surface area contributed by atoms with Crippen LogP contribution in [-0.4, -0.2) is 34.1 Å². The highest BCUT2D eigenvalue weighted by Crippen LogP contribution is 2.32. The van der Waals surface area contributed by atoms with Crippen molar-refractivity contribution >= 4 is 40.6 Å². The van der Waals surface area contributed by atoms with E-state index in [1.807, 2.05) is 23.1 Å². The summed E-state index contributed by atoms with van der Waals surface area (Å²) in [5, 5.41) is 12.8. The second-order valence-corrected chi connectivity index (χ2v) is 6.07. The number of aliphatic carboxylic acids is 1. The van der Waals surface area contributed by atoms with Crippen LogP contribution in [0.5, 0.6) is 0 Å². The summed E-state index contributed by atoms with van der Waals surface area (Å²) in [5.41, 5.74) is 7.35. The molecule has 1 aromatic carbocycles. The molecule has 0 bridgehead atoms. The van der Waals surface area contributed by atoms with Crippen LogP contribution in [0, 0.1) is 5.92 Å². The lowest BCUT2D eigenvalue weighted by Gasteiger charge is -2.31. The van der Waals surface area contributed by atoms with E-state index in [1.54, 1.807) is 6.07 Å². The zero-order chi connectivity index (χ0) is 17.1. The van der Waals surface area contributed by atoms with Crippen LogP contribution < -0.4 is 16.0 Å². The molecule has 24 heavy (non-hydrogen) atoms. The first-order valence-electron chi connectivity index (χ1n) is 7.66. The third-order valence-corrected chi connectivity index (χ3v) is 4.46. The Bertz CT molecular complexity index is 747. The van der Waals surface area contributed by atoms with Crippen molar-refractivity contribution in [3.05, 3.63) is 35.6 Å². The van der Waals surface area contributed by atoms with Gasteiger partial charge in [-0.1, -0.05) is 23.7 Å². The summed E-state index contributed by atoms with van der Waals surface area (Å²) in [6, 6.07) is 7.32. The Kier molecular flexibility index (Phi) is 4.71. The molecule has 1 aliphatic heterocycles. The molecule has 1 fully saturated rings. The fraction of sp³-hybridized carbons (Fsp3) is 0.312. The molecule has 8 heteroatoms. The lowest BCUT2D eigenvalue weighted by atomic mass is 9.97. The van der Waals surface area contributed by atoms with E-state index in [9.17, 15) is 4.79 Å². The number of nitrogens with zero attached hydrogens (tertiary/aromatic N) is 3. The average Bonchev–Trinajstić information content (AvgIpc) is 2.59. The Hall–Kier alpha value is -2.54. The topological polar surface area (TPSA) is 104 Å². The van der Waals surface area contributed by atoms with E-state index in [0.29, 0.717) is 54.0 Å². The smallest absolute Gasteiger partial charge is 0.306 e. The third-order valence-electron chi connectivity index (χ3n) is 4.13. The van der Waals surface area contributed by atoms with Crippen molar-refractivity contribution in [2.75, 3.05) is 29.0 Å². The Labute approximate surface area is 144 Å². The van der Waals surface area contributed by atoms with Gasteiger partial charge in [-0.2, -0.15) is 0 Å². The van der Waals surface area contributed by atoms with E-state index in [4.69, 9.17) is 22.4 Å². The second-order valence-electron chi connectivity index (χ2n) is 5.66. The SMILES string of the molecule is Nc1c(Nc2ccccc2Cl)ncnc1N1CCC(C(=O)O)CC1. The minimum Gasteiger partial charge on any atom is -0.481 e. The molecule has 126 valence electrons. The van der Waals surface area contributed by atoms with Crippen molar-refractivity contribution in [1.29, 1.82) is 0 Å². The zero-order valence-electron chi connectivity index (χ0n) is 12.9. The van der Waals surface area contributed by atoms with Crippen molar-refractivity contribution < 1.29 is 9.90 Å². The van der Waals surface area contributed by atoms with Crippen LogP contribution >= 0.6 is 11.6 Å². The number of rotatable bonds is 4. The first kappa shape index (κ1) is 16.3. The van der Waals surface area contributed by atoms with Gasteiger partial charge in [-0.3, -0.25) is 4.79 Å². The molecule has 0 saturated carbocycles. The summed E-state index contributed by atoms with van der Waals surface area (Å²) in [6.07, 6.45) is 2.59. The first-order chi connectivity index (χ1) is 11.6. The number of carbonyl (C=O) groups is 1. The van der Waals surface area contributed by atoms with Crippen LogP contribution in [0.3, 0.4) is 0 Å². The summed E-state index contributed by atoms with van der Waals surface area (Å²) in [4.78, 5) is 21.5. The van der Waals surface area contributed by atoms with Crippen LogP contribution in [0.4, 0.5) is 23.0 Å². The van der Waals surface area contributed by atoms with Gasteiger partial charge in [0.05, 0.1) is 16.6 Å². The molecule has 2 heterocycles. The normalized spacial score (nSPS) is 15.3. The number of nitrogens with two attached hydrogens (primary N) is 1. The predicted molar refractivity (Wildman–Crippen MR) is 93.8 cm³/mol. The number of benzene rings is 1. The van der Waals surface area contributed by atoms with Gasteiger partial charge in [0.25, 0.3) is 0 Å². The van der Waals surface area contributed by atoms with Gasteiger partial charge in [0.15, 0.2) is 11.6 Å². The fourth-order valence-electron chi connectivity index (χ4n) is 2.77. The molecule has 0 atom stereocenters. The highest BCUT2D eigenvalue weighted by atomic mass is 35.5. The molecule has 0 spiro atoms. The molecule has 0 amide bonds. The molecular weight excluding hydrogens is 330 g/mol. The van der Waals surface area contributed by atoms with Gasteiger partial charge >= 0.3 is 5.97 Å². The molecule has 0 unspecified atom stereocenters. The highest BCUT2D eigenvalue weighted by Gasteiger charge is 2.26. The molecular formula is C16H18ClN5O2. The van der Waals surface area contributed by atoms with E-state index in [-0.39, 0.29) is 5.92 Å². The summed E-state index contributed by atoms with van der Waals surface area (Å²) in [6.45, 7) is 1.20. The van der Waals surface area contributed by atoms with E-state index in [1.165, 1.54) is 6.33 Å². The van der Waals surface area contributed by atoms with Crippen LogP contribution in [0.1, 0.15) is 12.8 Å². The number of halogens is 1. The van der Waals surface area contributed by atoms with Gasteiger partial charge in [-0.25, -0.2) is 9.97 Å². The van der Waals surface area contributed by atoms with E-state index < -0.39 is 5.97 Å². The van der Waals surface area contributed by atoms with Crippen molar-refractivity contribution in [1.82, 2.24) is 9.97 Å². The van der Waals surface area contributed by atoms with E-state index in [0.717, 1.165) is 0 Å². The Morgan fingerprint density at radius 2 is 2.00 bits per heavy atom. The van der Waals surface area contributed by atoms with Crippen LogP contribution in [-0.2, 0) is 4.79 Å². The van der Waals surface area contributed by atoms with Gasteiger partial charge in [0, 0.05) is 13.1 Å². The van der Waals surface area contributed by atoms with Crippen LogP contribution in [0.25, 0.3) is 0 Å². The number of hydrogen-bond acceptors (Lipinski definition) is 6. The van der Waals surface area contributed by atoms with Gasteiger partial charge in [0.2, 0.25) is 0 Å². The lowest BCUT2D eigenvalue weighted by Crippen LogP contribution is -2.37. The van der Waals surface area contributed by atoms with E-state index in [2.05, 4.69) is 15.3 Å². The average molecular weight is 348 g/mol. The first-order valence-corrected chi connectivity index (χ1v) is 8.04. The van der Waals surface area contributed by atoms with Gasteiger partial charge in [-0.05, 0) is 25.0 Å². The van der Waals surface area contributed by atoms with Gasteiger partial charge < -0.3 is 21.1 Å². The number of aromatic nitrogens is 2. The number of anilines is 4. The Morgan fingerprint density at radius 3 is 2.67 bits per heavy atom. The second kappa shape index (κ2) is 6.92. The van der Waals surface area contributed by atoms with Crippen molar-refractivity contribution in [3.63, 3.8) is 0 Å². The molecule has 7 nitrogen and oxygen atoms in total. The lowest BCUT2D eigenvalue weighted by molar-refractivity contribution is -0.142. The molecule has 1 aliphatic rings. The van der Waals surface area contributed by atoms with Crippen LogP contribution in [0.15, 0.2) is 30.6 Å². The molecule has 1 aromatic heterocycles. The van der Waals surface area contributed by atoms with Gasteiger partial charge in [-0.15, -0.1) is 0 Å². The summed E-state index contributed by atoms with van der Waals surface area (Å²) < 4.78 is 0. The van der Waals surface area contributed by atoms with Gasteiger partial charge in [0.1, 0.15) is 12.0 Å². The van der Waals surface area contributed by atoms with E-state index >= 15 is 0 Å². The third kappa shape index (κ3) is 3.35. The monoisotopic (exact) mass is 347 g/mol. The number of para-hydroxylation sites is 1. The molecule has 3 rings (SSSR count). The number of carboxylic acid groups (broad SMARTS) is 1. The van der Waals surface area contributed by atoms with Crippen LogP contribution in [0.2, 0.25) is 5.02 Å². The summed E-state index contributed by atoms with van der Waals surface area (Å²) >= 11 is 6.15. The standard InChI is InChI=1S/C16H18ClN5O2/c17-11-3-1-2-4-12(11)21-14-13(18)15(20-9-19-14)22-7-5-10(6-8-22)16(23)24/h1-4,9-10H,5-8,18H2,(H,23,24)(H,19,20,21). The minimum atomic E-state index is -0.744. The fourth-order valence-corrected chi connectivity index (χ4v) is 2.95. The highest BCUT2D eigenvalue weighted by molar-refractivity contribution is 6.33. The number of hydrogen-bond donors (Lipinski definition) is 3. The maximum atomic E-state index is 11.1. The maximum Gasteiger partial charge on any atom is 0.306 e. The Balaban J connectivity index is 1.79. The molecule has 0 radical (unpaired) electrons. The largest absolute Gasteiger partial charge is 0.481 e. The predicted octanol–water partition coefficient (Wildman–Crippen LogP) is 2.76. The minimum absolute atomic E-state index is 0.301. The molecule has 4 N–H and O–H groups in total. The molecule has 2 aromatic rings. The molecule has 1 saturated heterocycles.